The fourth-order valence-electron chi connectivity index (χ4n) is 6.82. The van der Waals surface area contributed by atoms with Gasteiger partial charge in [-0.15, -0.1) is 11.3 Å². The third-order valence-electron chi connectivity index (χ3n) is 9.08. The normalized spacial score (nSPS) is 26.5. The number of nitrogens with one attached hydrogen (secondary N) is 1. The van der Waals surface area contributed by atoms with E-state index in [1.165, 1.54) is 28.6 Å². The molecular formula is C29H37N7O2S. The number of carbonyl (C=O) groups is 1. The van der Waals surface area contributed by atoms with Crippen molar-refractivity contribution in [2.75, 3.05) is 56.6 Å². The fourth-order valence-corrected chi connectivity index (χ4v) is 7.63. The molecule has 1 spiro atoms. The van der Waals surface area contributed by atoms with Crippen LogP contribution in [-0.4, -0.2) is 84.1 Å². The van der Waals surface area contributed by atoms with E-state index in [9.17, 15) is 10.1 Å². The molecule has 39 heavy (non-hydrogen) atoms. The number of likely N-dealkylation sites (tertiary alicyclic amines) is 1. The van der Waals surface area contributed by atoms with Gasteiger partial charge in [-0.25, -0.2) is 0 Å². The van der Waals surface area contributed by atoms with Crippen LogP contribution in [0.2, 0.25) is 0 Å². The van der Waals surface area contributed by atoms with E-state index in [-0.39, 0.29) is 23.8 Å². The van der Waals surface area contributed by atoms with Gasteiger partial charge in [0.25, 0.3) is 0 Å². The van der Waals surface area contributed by atoms with E-state index >= 15 is 0 Å². The first-order valence-corrected chi connectivity index (χ1v) is 14.9. The summed E-state index contributed by atoms with van der Waals surface area (Å²) >= 11 is 1.78. The first-order chi connectivity index (χ1) is 19.0. The summed E-state index contributed by atoms with van der Waals surface area (Å²) in [5.74, 6) is 0.794. The Balaban J connectivity index is 1.30. The maximum Gasteiger partial charge on any atom is 0.318 e. The molecule has 5 heterocycles. The predicted molar refractivity (Wildman–Crippen MR) is 152 cm³/mol. The zero-order valence-corrected chi connectivity index (χ0v) is 23.5. The molecule has 3 aliphatic heterocycles. The van der Waals surface area contributed by atoms with Crippen molar-refractivity contribution in [2.24, 2.45) is 5.41 Å². The second-order valence-corrected chi connectivity index (χ2v) is 12.4. The summed E-state index contributed by atoms with van der Waals surface area (Å²) < 4.78 is 6.29. The van der Waals surface area contributed by atoms with Gasteiger partial charge in [0.2, 0.25) is 5.91 Å². The first kappa shape index (κ1) is 26.1. The predicted octanol–water partition coefficient (Wildman–Crippen LogP) is 3.27. The third kappa shape index (κ3) is 5.10. The maximum atomic E-state index is 12.5. The number of likely N-dealkylation sites (N-methyl/N-ethyl adjacent to an activating group) is 1. The zero-order valence-electron chi connectivity index (χ0n) is 22.7. The van der Waals surface area contributed by atoms with Crippen LogP contribution in [0.3, 0.4) is 0 Å². The average molecular weight is 548 g/mol. The van der Waals surface area contributed by atoms with E-state index < -0.39 is 0 Å². The van der Waals surface area contributed by atoms with Crippen LogP contribution in [-0.2, 0) is 24.1 Å². The second kappa shape index (κ2) is 10.8. The van der Waals surface area contributed by atoms with E-state index in [1.54, 1.807) is 16.2 Å². The zero-order chi connectivity index (χ0) is 27.0. The van der Waals surface area contributed by atoms with Crippen LogP contribution in [0.1, 0.15) is 42.5 Å². The molecular weight excluding hydrogens is 510 g/mol. The van der Waals surface area contributed by atoms with E-state index in [4.69, 9.17) is 14.7 Å². The topological polar surface area (TPSA) is 97.6 Å². The maximum absolute atomic E-state index is 12.5. The number of rotatable bonds is 6. The lowest BCUT2D eigenvalue weighted by Crippen LogP contribution is -2.55. The van der Waals surface area contributed by atoms with Crippen molar-refractivity contribution in [1.29, 1.82) is 5.26 Å². The molecule has 3 atom stereocenters. The Kier molecular flexibility index (Phi) is 7.21. The average Bonchev–Trinajstić information content (AvgIpc) is 3.58. The second-order valence-electron chi connectivity index (χ2n) is 11.5. The van der Waals surface area contributed by atoms with Crippen LogP contribution in [0.5, 0.6) is 6.01 Å². The molecule has 2 aromatic rings. The van der Waals surface area contributed by atoms with E-state index in [1.807, 2.05) is 0 Å². The number of carbonyl (C=O) groups excluding carboxylic acids is 1. The summed E-state index contributed by atoms with van der Waals surface area (Å²) in [5.41, 5.74) is 3.82. The SMILES string of the molecule is C=CC(=O)N1CCN(c2nc(OCC3CCCN3C)nc3c2CCC2(CNc4sccc4C2)C3)CC1CC#N. The van der Waals surface area contributed by atoms with Gasteiger partial charge in [-0.05, 0) is 80.6 Å². The minimum Gasteiger partial charge on any atom is -0.462 e. The molecule has 2 fully saturated rings. The highest BCUT2D eigenvalue weighted by molar-refractivity contribution is 7.14. The van der Waals surface area contributed by atoms with Crippen molar-refractivity contribution in [3.05, 3.63) is 40.9 Å². The number of amides is 1. The van der Waals surface area contributed by atoms with Crippen LogP contribution >= 0.6 is 11.3 Å². The molecule has 2 saturated heterocycles. The number of piperazine rings is 1. The van der Waals surface area contributed by atoms with Crippen molar-refractivity contribution in [3.63, 3.8) is 0 Å². The van der Waals surface area contributed by atoms with Crippen molar-refractivity contribution in [3.8, 4) is 12.1 Å². The third-order valence-corrected chi connectivity index (χ3v) is 9.99. The largest absolute Gasteiger partial charge is 0.462 e. The quantitative estimate of drug-likeness (QED) is 0.551. The number of ether oxygens (including phenoxy) is 1. The minimum atomic E-state index is -0.203. The molecule has 10 heteroatoms. The Hall–Kier alpha value is -3.16. The number of hydrogen-bond donors (Lipinski definition) is 1. The molecule has 9 nitrogen and oxygen atoms in total. The standard InChI is InChI=1S/C29H37N7O2S/c1-3-25(37)36-13-12-35(17-21(36)7-10-30)26-23-6-9-29(15-20-8-14-39-27(20)31-19-29)16-24(23)32-28(33-26)38-18-22-5-4-11-34(22)2/h3,8,14,21-22,31H,1,4-7,9,11-13,15-19H2,2H3. The fraction of sp³-hybridized carbons (Fsp3) is 0.586. The summed E-state index contributed by atoms with van der Waals surface area (Å²) in [6.07, 6.45) is 7.86. The van der Waals surface area contributed by atoms with Crippen molar-refractivity contribution in [2.45, 2.75) is 57.0 Å². The lowest BCUT2D eigenvalue weighted by atomic mass is 9.68. The molecule has 1 amide bonds. The number of anilines is 2. The van der Waals surface area contributed by atoms with Gasteiger partial charge in [-0.2, -0.15) is 15.2 Å². The first-order valence-electron chi connectivity index (χ1n) is 14.1. The van der Waals surface area contributed by atoms with Gasteiger partial charge >= 0.3 is 6.01 Å². The Morgan fingerprint density at radius 2 is 2.23 bits per heavy atom. The molecule has 206 valence electrons. The minimum absolute atomic E-state index is 0.121. The van der Waals surface area contributed by atoms with E-state index in [0.29, 0.717) is 38.3 Å². The van der Waals surface area contributed by atoms with Gasteiger partial charge in [0.1, 0.15) is 12.4 Å². The van der Waals surface area contributed by atoms with Gasteiger partial charge < -0.3 is 24.8 Å². The lowest BCUT2D eigenvalue weighted by molar-refractivity contribution is -0.128. The van der Waals surface area contributed by atoms with Gasteiger partial charge in [0.15, 0.2) is 0 Å². The molecule has 0 saturated carbocycles. The molecule has 6 rings (SSSR count). The lowest BCUT2D eigenvalue weighted by Gasteiger charge is -2.44. The highest BCUT2D eigenvalue weighted by atomic mass is 32.1. The van der Waals surface area contributed by atoms with Gasteiger partial charge in [-0.3, -0.25) is 4.79 Å². The molecule has 0 bridgehead atoms. The van der Waals surface area contributed by atoms with E-state index in [0.717, 1.165) is 56.7 Å². The smallest absolute Gasteiger partial charge is 0.318 e. The summed E-state index contributed by atoms with van der Waals surface area (Å²) in [6, 6.07) is 5.15. The number of thiophene rings is 1. The summed E-state index contributed by atoms with van der Waals surface area (Å²) in [5, 5.41) is 16.6. The molecule has 2 aromatic heterocycles. The summed E-state index contributed by atoms with van der Waals surface area (Å²) in [7, 11) is 2.15. The number of nitriles is 1. The Bertz CT molecular complexity index is 1290. The van der Waals surface area contributed by atoms with Crippen LogP contribution in [0, 0.1) is 16.7 Å². The molecule has 3 unspecified atom stereocenters. The molecule has 1 N–H and O–H groups in total. The van der Waals surface area contributed by atoms with Crippen LogP contribution in [0.4, 0.5) is 10.8 Å². The molecule has 0 radical (unpaired) electrons. The van der Waals surface area contributed by atoms with Crippen LogP contribution in [0.15, 0.2) is 24.1 Å². The monoisotopic (exact) mass is 547 g/mol. The highest BCUT2D eigenvalue weighted by Gasteiger charge is 2.41. The van der Waals surface area contributed by atoms with E-state index in [2.05, 4.69) is 46.3 Å². The Morgan fingerprint density at radius 3 is 3.03 bits per heavy atom. The number of aromatic nitrogens is 2. The van der Waals surface area contributed by atoms with Gasteiger partial charge in [0.05, 0.1) is 29.2 Å². The van der Waals surface area contributed by atoms with Gasteiger partial charge in [-0.1, -0.05) is 6.58 Å². The van der Waals surface area contributed by atoms with Crippen LogP contribution in [0.25, 0.3) is 0 Å². The number of fused-ring (bicyclic) bond motifs is 2. The van der Waals surface area contributed by atoms with Crippen molar-refractivity contribution >= 4 is 28.1 Å². The molecule has 4 aliphatic rings. The number of nitrogens with zero attached hydrogens (tertiary/aromatic N) is 6. The Morgan fingerprint density at radius 1 is 1.33 bits per heavy atom. The van der Waals surface area contributed by atoms with Crippen molar-refractivity contribution in [1.82, 2.24) is 19.8 Å². The number of hydrogen-bond acceptors (Lipinski definition) is 9. The Labute approximate surface area is 234 Å². The summed E-state index contributed by atoms with van der Waals surface area (Å²) in [6.45, 7) is 8.04. The highest BCUT2D eigenvalue weighted by Crippen LogP contribution is 2.45. The molecule has 1 aliphatic carbocycles. The summed E-state index contributed by atoms with van der Waals surface area (Å²) in [4.78, 5) is 28.9. The van der Waals surface area contributed by atoms with Crippen LogP contribution < -0.4 is 15.0 Å². The van der Waals surface area contributed by atoms with Gasteiger partial charge in [0, 0.05) is 37.8 Å². The molecule has 0 aromatic carbocycles. The van der Waals surface area contributed by atoms with Crippen molar-refractivity contribution < 1.29 is 9.53 Å².